The molecule has 3 nitrogen and oxygen atoms in total. The van der Waals surface area contributed by atoms with E-state index in [1.54, 1.807) is 0 Å². The van der Waals surface area contributed by atoms with Crippen LogP contribution >= 0.6 is 31.9 Å². The molecule has 140 valence electrons. The van der Waals surface area contributed by atoms with E-state index >= 15 is 0 Å². The fourth-order valence-electron chi connectivity index (χ4n) is 3.18. The average Bonchev–Trinajstić information content (AvgIpc) is 3.11. The first-order chi connectivity index (χ1) is 13.6. The molecule has 0 N–H and O–H groups in total. The number of hydrogen-bond acceptors (Lipinski definition) is 1. The molecule has 0 unspecified atom stereocenters. The van der Waals surface area contributed by atoms with Crippen LogP contribution in [-0.2, 0) is 13.6 Å². The highest BCUT2D eigenvalue weighted by Gasteiger charge is 2.13. The summed E-state index contributed by atoms with van der Waals surface area (Å²) in [7, 11) is 2.04. The zero-order valence-corrected chi connectivity index (χ0v) is 18.6. The monoisotopic (exact) mass is 496 g/mol. The van der Waals surface area contributed by atoms with E-state index in [2.05, 4.69) is 137 Å². The van der Waals surface area contributed by atoms with Gasteiger partial charge in [0.1, 0.15) is 18.9 Å². The number of imidazole rings is 1. The zero-order chi connectivity index (χ0) is 19.5. The summed E-state index contributed by atoms with van der Waals surface area (Å²) >= 11 is 7.06. The molecule has 5 heteroatoms. The maximum Gasteiger partial charge on any atom is 0.243 e. The van der Waals surface area contributed by atoms with Crippen LogP contribution in [0.1, 0.15) is 5.56 Å². The highest BCUT2D eigenvalue weighted by molar-refractivity contribution is 9.10. The molecule has 0 fully saturated rings. The van der Waals surface area contributed by atoms with Gasteiger partial charge in [0.2, 0.25) is 6.33 Å². The van der Waals surface area contributed by atoms with E-state index in [-0.39, 0.29) is 0 Å². The van der Waals surface area contributed by atoms with E-state index in [1.807, 2.05) is 7.05 Å². The molecule has 0 atom stereocenters. The van der Waals surface area contributed by atoms with Gasteiger partial charge in [-0.3, -0.25) is 0 Å². The Hall–Kier alpha value is -2.37. The van der Waals surface area contributed by atoms with Crippen molar-refractivity contribution < 1.29 is 4.57 Å². The molecule has 0 amide bonds. The summed E-state index contributed by atoms with van der Waals surface area (Å²) in [5, 5.41) is 0. The predicted octanol–water partition coefficient (Wildman–Crippen LogP) is 6.36. The Labute approximate surface area is 182 Å². The smallest absolute Gasteiger partial charge is 0.243 e. The van der Waals surface area contributed by atoms with Crippen molar-refractivity contribution in [1.82, 2.24) is 4.57 Å². The van der Waals surface area contributed by atoms with Crippen molar-refractivity contribution >= 4 is 48.9 Å². The number of anilines is 3. The Bertz CT molecular complexity index is 1010. The van der Waals surface area contributed by atoms with Gasteiger partial charge in [-0.1, -0.05) is 44.0 Å². The van der Waals surface area contributed by atoms with Crippen molar-refractivity contribution in [2.75, 3.05) is 4.90 Å². The minimum absolute atomic E-state index is 0.859. The largest absolute Gasteiger partial charge is 0.311 e. The van der Waals surface area contributed by atoms with Crippen molar-refractivity contribution in [3.8, 4) is 0 Å². The van der Waals surface area contributed by atoms with Crippen LogP contribution in [-0.4, -0.2) is 4.57 Å². The van der Waals surface area contributed by atoms with Gasteiger partial charge in [-0.05, 0) is 66.2 Å². The summed E-state index contributed by atoms with van der Waals surface area (Å²) in [6, 6.07) is 25.5. The van der Waals surface area contributed by atoms with E-state index in [9.17, 15) is 0 Å². The number of aromatic nitrogens is 2. The van der Waals surface area contributed by atoms with Gasteiger partial charge in [-0.25, -0.2) is 9.13 Å². The lowest BCUT2D eigenvalue weighted by Crippen LogP contribution is -2.31. The quantitative estimate of drug-likeness (QED) is 0.292. The van der Waals surface area contributed by atoms with Gasteiger partial charge < -0.3 is 4.90 Å². The van der Waals surface area contributed by atoms with E-state index in [0.717, 1.165) is 32.6 Å². The van der Waals surface area contributed by atoms with E-state index in [1.165, 1.54) is 5.56 Å². The molecule has 1 aromatic heterocycles. The summed E-state index contributed by atoms with van der Waals surface area (Å²) in [6.07, 6.45) is 6.23. The summed E-state index contributed by atoms with van der Waals surface area (Å²) < 4.78 is 6.37. The van der Waals surface area contributed by atoms with Crippen molar-refractivity contribution in [2.45, 2.75) is 6.54 Å². The van der Waals surface area contributed by atoms with Gasteiger partial charge >= 0.3 is 0 Å². The minimum Gasteiger partial charge on any atom is -0.311 e. The first-order valence-electron chi connectivity index (χ1n) is 9.00. The van der Waals surface area contributed by atoms with Gasteiger partial charge in [0.25, 0.3) is 0 Å². The highest BCUT2D eigenvalue weighted by Crippen LogP contribution is 2.35. The first kappa shape index (κ1) is 19.0. The fourth-order valence-corrected chi connectivity index (χ4v) is 3.71. The average molecular weight is 498 g/mol. The molecule has 0 radical (unpaired) electrons. The second-order valence-electron chi connectivity index (χ2n) is 6.71. The second kappa shape index (κ2) is 8.33. The third-order valence-corrected chi connectivity index (χ3v) is 5.61. The lowest BCUT2D eigenvalue weighted by Gasteiger charge is -2.25. The number of hydrogen-bond donors (Lipinski definition) is 0. The third-order valence-electron chi connectivity index (χ3n) is 4.55. The lowest BCUT2D eigenvalue weighted by molar-refractivity contribution is -0.687. The van der Waals surface area contributed by atoms with Crippen LogP contribution in [0.4, 0.5) is 17.1 Å². The summed E-state index contributed by atoms with van der Waals surface area (Å²) in [4.78, 5) is 2.26. The molecule has 0 spiro atoms. The third kappa shape index (κ3) is 4.37. The van der Waals surface area contributed by atoms with E-state index in [4.69, 9.17) is 0 Å². The zero-order valence-electron chi connectivity index (χ0n) is 15.5. The Morgan fingerprint density at radius 1 is 0.750 bits per heavy atom. The normalized spacial score (nSPS) is 10.8. The summed E-state index contributed by atoms with van der Waals surface area (Å²) in [5.41, 5.74) is 4.64. The maximum absolute atomic E-state index is 3.53. The van der Waals surface area contributed by atoms with Crippen LogP contribution in [0, 0.1) is 0 Å². The number of rotatable bonds is 5. The molecule has 0 bridgehead atoms. The van der Waals surface area contributed by atoms with Crippen molar-refractivity contribution in [3.63, 3.8) is 0 Å². The fraction of sp³-hybridized carbons (Fsp3) is 0.0870. The molecular weight excluding hydrogens is 478 g/mol. The number of halogens is 2. The second-order valence-corrected chi connectivity index (χ2v) is 8.54. The molecule has 28 heavy (non-hydrogen) atoms. The van der Waals surface area contributed by atoms with E-state index in [0.29, 0.717) is 0 Å². The van der Waals surface area contributed by atoms with Gasteiger partial charge in [-0.15, -0.1) is 0 Å². The SMILES string of the molecule is Cn1cc[n+](Cc2ccc(N(c3ccc(Br)cc3)c3ccc(Br)cc3)cc2)c1. The van der Waals surface area contributed by atoms with Crippen LogP contribution in [0.5, 0.6) is 0 Å². The topological polar surface area (TPSA) is 12.0 Å². The standard InChI is InChI=1S/C23H20Br2N3/c1-26-14-15-27(17-26)16-18-2-8-21(9-3-18)28(22-10-4-19(24)5-11-22)23-12-6-20(25)7-13-23/h2-15,17H,16H2,1H3/q+1. The van der Waals surface area contributed by atoms with Crippen LogP contribution < -0.4 is 9.47 Å². The van der Waals surface area contributed by atoms with Gasteiger partial charge in [0, 0.05) is 26.0 Å². The molecule has 0 aliphatic rings. The van der Waals surface area contributed by atoms with E-state index < -0.39 is 0 Å². The molecule has 1 heterocycles. The molecular formula is C23H20Br2N3+. The highest BCUT2D eigenvalue weighted by atomic mass is 79.9. The lowest BCUT2D eigenvalue weighted by atomic mass is 10.1. The Kier molecular flexibility index (Phi) is 5.64. The Morgan fingerprint density at radius 2 is 1.21 bits per heavy atom. The van der Waals surface area contributed by atoms with Crippen molar-refractivity contribution in [3.05, 3.63) is 106 Å². The van der Waals surface area contributed by atoms with Gasteiger partial charge in [0.15, 0.2) is 0 Å². The number of benzene rings is 3. The minimum atomic E-state index is 0.859. The number of aryl methyl sites for hydroxylation is 1. The molecule has 0 saturated carbocycles. The molecule has 3 aromatic carbocycles. The van der Waals surface area contributed by atoms with Crippen molar-refractivity contribution in [1.29, 1.82) is 0 Å². The molecule has 4 rings (SSSR count). The predicted molar refractivity (Wildman–Crippen MR) is 121 cm³/mol. The van der Waals surface area contributed by atoms with Crippen LogP contribution in [0.2, 0.25) is 0 Å². The number of nitrogens with zero attached hydrogens (tertiary/aromatic N) is 3. The van der Waals surface area contributed by atoms with Crippen molar-refractivity contribution in [2.24, 2.45) is 7.05 Å². The van der Waals surface area contributed by atoms with Crippen LogP contribution in [0.15, 0.2) is 100 Å². The molecule has 0 saturated heterocycles. The van der Waals surface area contributed by atoms with Crippen LogP contribution in [0.3, 0.4) is 0 Å². The summed E-state index contributed by atoms with van der Waals surface area (Å²) in [6.45, 7) is 0.859. The van der Waals surface area contributed by atoms with Crippen LogP contribution in [0.25, 0.3) is 0 Å². The summed E-state index contributed by atoms with van der Waals surface area (Å²) in [5.74, 6) is 0. The molecule has 4 aromatic rings. The Balaban J connectivity index is 1.67. The first-order valence-corrected chi connectivity index (χ1v) is 10.6. The molecule has 0 aliphatic carbocycles. The van der Waals surface area contributed by atoms with Gasteiger partial charge in [-0.2, -0.15) is 0 Å². The maximum atomic E-state index is 3.53. The molecule has 0 aliphatic heterocycles. The Morgan fingerprint density at radius 3 is 1.64 bits per heavy atom. The van der Waals surface area contributed by atoms with Gasteiger partial charge in [0.05, 0.1) is 7.05 Å².